The summed E-state index contributed by atoms with van der Waals surface area (Å²) in [4.78, 5) is 0. The van der Waals surface area contributed by atoms with Gasteiger partial charge in [0.15, 0.2) is 0 Å². The van der Waals surface area contributed by atoms with Crippen molar-refractivity contribution >= 4 is 23.7 Å². The number of thiophene rings is 1. The van der Waals surface area contributed by atoms with E-state index in [2.05, 4.69) is 22.1 Å². The molecule has 0 atom stereocenters. The maximum absolute atomic E-state index is 8.96. The maximum atomic E-state index is 8.96. The van der Waals surface area contributed by atoms with E-state index in [-0.39, 0.29) is 24.6 Å². The highest BCUT2D eigenvalue weighted by Crippen LogP contribution is 2.08. The molecule has 0 amide bonds. The third-order valence-electron chi connectivity index (χ3n) is 1.75. The molecule has 0 fully saturated rings. The van der Waals surface area contributed by atoms with E-state index in [1.54, 1.807) is 11.3 Å². The van der Waals surface area contributed by atoms with E-state index in [1.165, 1.54) is 5.56 Å². The monoisotopic (exact) mass is 221 g/mol. The molecule has 0 bridgehead atoms. The first-order valence-corrected chi connectivity index (χ1v) is 4.95. The van der Waals surface area contributed by atoms with E-state index >= 15 is 0 Å². The van der Waals surface area contributed by atoms with Crippen molar-refractivity contribution < 1.29 is 5.11 Å². The molecule has 1 aromatic rings. The molecular formula is C9H16ClNOS. The van der Waals surface area contributed by atoms with Gasteiger partial charge in [0.25, 0.3) is 0 Å². The molecule has 76 valence electrons. The van der Waals surface area contributed by atoms with E-state index in [1.807, 2.05) is 13.8 Å². The van der Waals surface area contributed by atoms with Gasteiger partial charge in [-0.2, -0.15) is 11.3 Å². The second kappa shape index (κ2) is 5.60. The zero-order valence-corrected chi connectivity index (χ0v) is 9.54. The van der Waals surface area contributed by atoms with Crippen LogP contribution in [0.25, 0.3) is 0 Å². The Morgan fingerprint density at radius 2 is 2.23 bits per heavy atom. The largest absolute Gasteiger partial charge is 0.394 e. The van der Waals surface area contributed by atoms with Gasteiger partial charge in [-0.15, -0.1) is 12.4 Å². The Morgan fingerprint density at radius 1 is 1.54 bits per heavy atom. The van der Waals surface area contributed by atoms with Crippen LogP contribution in [0, 0.1) is 0 Å². The second-order valence-corrected chi connectivity index (χ2v) is 4.31. The summed E-state index contributed by atoms with van der Waals surface area (Å²) in [5, 5.41) is 16.4. The minimum absolute atomic E-state index is 0. The summed E-state index contributed by atoms with van der Waals surface area (Å²) in [5.74, 6) is 0. The van der Waals surface area contributed by atoms with Crippen molar-refractivity contribution in [2.45, 2.75) is 25.9 Å². The van der Waals surface area contributed by atoms with Crippen LogP contribution >= 0.6 is 23.7 Å². The van der Waals surface area contributed by atoms with Crippen LogP contribution in [0.4, 0.5) is 0 Å². The Morgan fingerprint density at radius 3 is 2.69 bits per heavy atom. The zero-order chi connectivity index (χ0) is 9.03. The van der Waals surface area contributed by atoms with Crippen molar-refractivity contribution in [1.29, 1.82) is 0 Å². The van der Waals surface area contributed by atoms with Crippen LogP contribution in [0.15, 0.2) is 16.8 Å². The molecule has 0 saturated heterocycles. The van der Waals surface area contributed by atoms with Gasteiger partial charge in [-0.1, -0.05) is 0 Å². The standard InChI is InChI=1S/C9H15NOS.ClH/c1-9(2,7-11)10-5-8-3-4-12-6-8;/h3-4,6,10-11H,5,7H2,1-2H3;1H. The summed E-state index contributed by atoms with van der Waals surface area (Å²) in [7, 11) is 0. The number of aliphatic hydroxyl groups excluding tert-OH is 1. The smallest absolute Gasteiger partial charge is 0.0607 e. The minimum Gasteiger partial charge on any atom is -0.394 e. The molecule has 0 unspecified atom stereocenters. The second-order valence-electron chi connectivity index (χ2n) is 3.53. The SMILES string of the molecule is CC(C)(CO)NCc1ccsc1.Cl. The molecule has 2 N–H and O–H groups in total. The van der Waals surface area contributed by atoms with Crippen molar-refractivity contribution in [2.24, 2.45) is 0 Å². The van der Waals surface area contributed by atoms with Crippen LogP contribution in [0.3, 0.4) is 0 Å². The molecule has 0 aliphatic heterocycles. The van der Waals surface area contributed by atoms with Crippen LogP contribution in [0.5, 0.6) is 0 Å². The van der Waals surface area contributed by atoms with Gasteiger partial charge in [0, 0.05) is 12.1 Å². The summed E-state index contributed by atoms with van der Waals surface area (Å²) in [6, 6.07) is 2.09. The van der Waals surface area contributed by atoms with Gasteiger partial charge in [-0.3, -0.25) is 0 Å². The van der Waals surface area contributed by atoms with Crippen LogP contribution in [-0.4, -0.2) is 17.3 Å². The molecular weight excluding hydrogens is 206 g/mol. The molecule has 13 heavy (non-hydrogen) atoms. The summed E-state index contributed by atoms with van der Waals surface area (Å²) < 4.78 is 0. The number of hydrogen-bond acceptors (Lipinski definition) is 3. The third-order valence-corrected chi connectivity index (χ3v) is 2.48. The van der Waals surface area contributed by atoms with E-state index in [4.69, 9.17) is 5.11 Å². The lowest BCUT2D eigenvalue weighted by atomic mass is 10.1. The topological polar surface area (TPSA) is 32.3 Å². The number of rotatable bonds is 4. The molecule has 2 nitrogen and oxygen atoms in total. The molecule has 0 saturated carbocycles. The normalized spacial score (nSPS) is 11.0. The molecule has 0 radical (unpaired) electrons. The number of halogens is 1. The van der Waals surface area contributed by atoms with Crippen molar-refractivity contribution in [3.05, 3.63) is 22.4 Å². The zero-order valence-electron chi connectivity index (χ0n) is 7.91. The fraction of sp³-hybridized carbons (Fsp3) is 0.556. The lowest BCUT2D eigenvalue weighted by Crippen LogP contribution is -2.41. The van der Waals surface area contributed by atoms with Crippen molar-refractivity contribution in [1.82, 2.24) is 5.32 Å². The van der Waals surface area contributed by atoms with E-state index in [9.17, 15) is 0 Å². The summed E-state index contributed by atoms with van der Waals surface area (Å²) in [5.41, 5.74) is 1.10. The summed E-state index contributed by atoms with van der Waals surface area (Å²) >= 11 is 1.70. The highest BCUT2D eigenvalue weighted by Gasteiger charge is 2.14. The van der Waals surface area contributed by atoms with Gasteiger partial charge in [0.05, 0.1) is 6.61 Å². The predicted octanol–water partition coefficient (Wildman–Crippen LogP) is 2.03. The summed E-state index contributed by atoms with van der Waals surface area (Å²) in [6.07, 6.45) is 0. The van der Waals surface area contributed by atoms with Crippen molar-refractivity contribution in [3.63, 3.8) is 0 Å². The number of nitrogens with one attached hydrogen (secondary N) is 1. The third kappa shape index (κ3) is 4.62. The Balaban J connectivity index is 0.00000144. The molecule has 1 rings (SSSR count). The van der Waals surface area contributed by atoms with Crippen molar-refractivity contribution in [2.75, 3.05) is 6.61 Å². The Hall–Kier alpha value is -0.0900. The number of hydrogen-bond donors (Lipinski definition) is 2. The Kier molecular flexibility index (Phi) is 5.56. The average molecular weight is 222 g/mol. The first kappa shape index (κ1) is 12.9. The first-order valence-electron chi connectivity index (χ1n) is 4.01. The summed E-state index contributed by atoms with van der Waals surface area (Å²) in [6.45, 7) is 4.97. The number of aliphatic hydroxyl groups is 1. The van der Waals surface area contributed by atoms with E-state index < -0.39 is 0 Å². The van der Waals surface area contributed by atoms with Crippen LogP contribution in [0.2, 0.25) is 0 Å². The first-order chi connectivity index (χ1) is 5.64. The average Bonchev–Trinajstić information content (AvgIpc) is 2.53. The quantitative estimate of drug-likeness (QED) is 0.816. The van der Waals surface area contributed by atoms with Crippen LogP contribution in [-0.2, 0) is 6.54 Å². The van der Waals surface area contributed by atoms with Gasteiger partial charge in [0.2, 0.25) is 0 Å². The van der Waals surface area contributed by atoms with Gasteiger partial charge in [0.1, 0.15) is 0 Å². The Bertz CT molecular complexity index is 224. The molecule has 4 heteroatoms. The maximum Gasteiger partial charge on any atom is 0.0607 e. The van der Waals surface area contributed by atoms with Crippen LogP contribution in [0.1, 0.15) is 19.4 Å². The van der Waals surface area contributed by atoms with Crippen molar-refractivity contribution in [3.8, 4) is 0 Å². The molecule has 0 spiro atoms. The van der Waals surface area contributed by atoms with Gasteiger partial charge in [-0.05, 0) is 36.2 Å². The highest BCUT2D eigenvalue weighted by molar-refractivity contribution is 7.07. The predicted molar refractivity (Wildman–Crippen MR) is 59.6 cm³/mol. The molecule has 0 aliphatic carbocycles. The van der Waals surface area contributed by atoms with Gasteiger partial charge < -0.3 is 10.4 Å². The van der Waals surface area contributed by atoms with Crippen LogP contribution < -0.4 is 5.32 Å². The molecule has 1 aromatic heterocycles. The lowest BCUT2D eigenvalue weighted by molar-refractivity contribution is 0.187. The fourth-order valence-electron chi connectivity index (χ4n) is 0.790. The lowest BCUT2D eigenvalue weighted by Gasteiger charge is -2.23. The minimum atomic E-state index is -0.179. The highest BCUT2D eigenvalue weighted by atomic mass is 35.5. The molecule has 0 aliphatic rings. The fourth-order valence-corrected chi connectivity index (χ4v) is 1.46. The van der Waals surface area contributed by atoms with E-state index in [0.717, 1.165) is 6.54 Å². The van der Waals surface area contributed by atoms with E-state index in [0.29, 0.717) is 0 Å². The van der Waals surface area contributed by atoms with Gasteiger partial charge in [-0.25, -0.2) is 0 Å². The van der Waals surface area contributed by atoms with Gasteiger partial charge >= 0.3 is 0 Å². The molecule has 0 aromatic carbocycles. The Labute approximate surface area is 89.4 Å². The molecule has 1 heterocycles.